The van der Waals surface area contributed by atoms with Gasteiger partial charge in [0.1, 0.15) is 11.5 Å². The minimum atomic E-state index is -3.74. The summed E-state index contributed by atoms with van der Waals surface area (Å²) in [5, 5.41) is 1.68. The van der Waals surface area contributed by atoms with Crippen LogP contribution >= 0.6 is 11.3 Å². The number of benzene rings is 1. The third kappa shape index (κ3) is 3.91. The van der Waals surface area contributed by atoms with Gasteiger partial charge in [0.2, 0.25) is 0 Å². The Kier molecular flexibility index (Phi) is 4.57. The zero-order chi connectivity index (χ0) is 14.6. The summed E-state index contributed by atoms with van der Waals surface area (Å²) in [6.07, 6.45) is 1.13. The lowest BCUT2D eigenvalue weighted by Gasteiger charge is -2.06. The van der Waals surface area contributed by atoms with Crippen LogP contribution in [-0.4, -0.2) is 14.2 Å². The van der Waals surface area contributed by atoms with Gasteiger partial charge in [0, 0.05) is 6.42 Å². The van der Waals surface area contributed by atoms with E-state index in [1.165, 1.54) is 6.07 Å². The molecule has 0 saturated carbocycles. The SMILES string of the molecule is CC(=O)CCc1ccc(OS(=O)(=O)c2cccs2)cc1. The summed E-state index contributed by atoms with van der Waals surface area (Å²) < 4.78 is 29.0. The predicted octanol–water partition coefficient (Wildman–Crippen LogP) is 3.04. The molecule has 0 amide bonds. The number of aryl methyl sites for hydroxylation is 1. The van der Waals surface area contributed by atoms with Crippen LogP contribution in [0.1, 0.15) is 18.9 Å². The molecular formula is C14H14O4S2. The Morgan fingerprint density at radius 2 is 1.90 bits per heavy atom. The van der Waals surface area contributed by atoms with E-state index in [-0.39, 0.29) is 15.7 Å². The molecule has 0 aliphatic carbocycles. The van der Waals surface area contributed by atoms with Crippen LogP contribution < -0.4 is 4.18 Å². The van der Waals surface area contributed by atoms with Gasteiger partial charge in [-0.15, -0.1) is 11.3 Å². The lowest BCUT2D eigenvalue weighted by molar-refractivity contribution is -0.116. The molecule has 0 unspecified atom stereocenters. The average molecular weight is 310 g/mol. The van der Waals surface area contributed by atoms with Crippen molar-refractivity contribution in [3.05, 3.63) is 47.3 Å². The summed E-state index contributed by atoms with van der Waals surface area (Å²) in [5.74, 6) is 0.399. The lowest BCUT2D eigenvalue weighted by atomic mass is 10.1. The number of hydrogen-bond donors (Lipinski definition) is 0. The standard InChI is InChI=1S/C14H14O4S2/c1-11(15)4-5-12-6-8-13(9-7-12)18-20(16,17)14-3-2-10-19-14/h2-3,6-10H,4-5H2,1H3. The summed E-state index contributed by atoms with van der Waals surface area (Å²) in [6, 6.07) is 9.89. The lowest BCUT2D eigenvalue weighted by Crippen LogP contribution is -2.07. The maximum atomic E-state index is 11.9. The fraction of sp³-hybridized carbons (Fsp3) is 0.214. The summed E-state index contributed by atoms with van der Waals surface area (Å²) >= 11 is 1.11. The van der Waals surface area contributed by atoms with Gasteiger partial charge in [0.05, 0.1) is 0 Å². The van der Waals surface area contributed by atoms with E-state index in [0.717, 1.165) is 16.9 Å². The molecule has 0 atom stereocenters. The number of hydrogen-bond acceptors (Lipinski definition) is 5. The van der Waals surface area contributed by atoms with Crippen molar-refractivity contribution in [1.82, 2.24) is 0 Å². The Bertz CT molecular complexity index is 670. The van der Waals surface area contributed by atoms with Crippen LogP contribution in [0.4, 0.5) is 0 Å². The quantitative estimate of drug-likeness (QED) is 0.769. The van der Waals surface area contributed by atoms with E-state index in [1.54, 1.807) is 42.6 Å². The van der Waals surface area contributed by atoms with E-state index in [0.29, 0.717) is 12.8 Å². The van der Waals surface area contributed by atoms with Crippen LogP contribution in [0, 0.1) is 0 Å². The molecular weight excluding hydrogens is 296 g/mol. The van der Waals surface area contributed by atoms with Crippen LogP contribution in [0.25, 0.3) is 0 Å². The molecule has 1 heterocycles. The number of carbonyl (C=O) groups excluding carboxylic acids is 1. The molecule has 0 spiro atoms. The van der Waals surface area contributed by atoms with Gasteiger partial charge in [0.15, 0.2) is 4.21 Å². The van der Waals surface area contributed by atoms with Crippen molar-refractivity contribution in [2.45, 2.75) is 24.0 Å². The van der Waals surface area contributed by atoms with Gasteiger partial charge in [-0.3, -0.25) is 0 Å². The number of ketones is 1. The normalized spacial score (nSPS) is 11.2. The van der Waals surface area contributed by atoms with Gasteiger partial charge >= 0.3 is 10.1 Å². The number of rotatable bonds is 6. The molecule has 0 aliphatic rings. The highest BCUT2D eigenvalue weighted by Gasteiger charge is 2.17. The first-order valence-electron chi connectivity index (χ1n) is 6.04. The summed E-state index contributed by atoms with van der Waals surface area (Å²) in [7, 11) is -3.74. The van der Waals surface area contributed by atoms with Crippen molar-refractivity contribution in [2.24, 2.45) is 0 Å². The molecule has 106 valence electrons. The van der Waals surface area contributed by atoms with E-state index >= 15 is 0 Å². The van der Waals surface area contributed by atoms with Crippen molar-refractivity contribution in [1.29, 1.82) is 0 Å². The topological polar surface area (TPSA) is 60.4 Å². The fourth-order valence-electron chi connectivity index (χ4n) is 1.61. The largest absolute Gasteiger partial charge is 0.378 e. The molecule has 0 saturated heterocycles. The Balaban J connectivity index is 2.06. The van der Waals surface area contributed by atoms with Gasteiger partial charge in [-0.2, -0.15) is 8.42 Å². The molecule has 1 aromatic carbocycles. The molecule has 0 N–H and O–H groups in total. The van der Waals surface area contributed by atoms with E-state index in [4.69, 9.17) is 4.18 Å². The van der Waals surface area contributed by atoms with Gasteiger partial charge in [-0.25, -0.2) is 0 Å². The van der Waals surface area contributed by atoms with E-state index in [2.05, 4.69) is 0 Å². The zero-order valence-electron chi connectivity index (χ0n) is 10.9. The highest BCUT2D eigenvalue weighted by Crippen LogP contribution is 2.22. The first-order chi connectivity index (χ1) is 9.47. The third-order valence-corrected chi connectivity index (χ3v) is 5.24. The molecule has 1 aromatic heterocycles. The molecule has 0 bridgehead atoms. The fourth-order valence-corrected chi connectivity index (χ4v) is 3.49. The van der Waals surface area contributed by atoms with Crippen LogP contribution in [0.2, 0.25) is 0 Å². The molecule has 20 heavy (non-hydrogen) atoms. The Morgan fingerprint density at radius 3 is 2.45 bits per heavy atom. The molecule has 2 aromatic rings. The molecule has 0 fully saturated rings. The smallest absolute Gasteiger partial charge is 0.348 e. The van der Waals surface area contributed by atoms with E-state index in [1.807, 2.05) is 0 Å². The van der Waals surface area contributed by atoms with E-state index < -0.39 is 10.1 Å². The first kappa shape index (κ1) is 14.7. The highest BCUT2D eigenvalue weighted by atomic mass is 32.3. The Morgan fingerprint density at radius 1 is 1.20 bits per heavy atom. The predicted molar refractivity (Wildman–Crippen MR) is 77.6 cm³/mol. The molecule has 0 radical (unpaired) electrons. The molecule has 2 rings (SSSR count). The monoisotopic (exact) mass is 310 g/mol. The first-order valence-corrected chi connectivity index (χ1v) is 8.32. The van der Waals surface area contributed by atoms with Gasteiger partial charge < -0.3 is 8.98 Å². The number of Topliss-reactive ketones (excluding diaryl/α,β-unsaturated/α-hetero) is 1. The van der Waals surface area contributed by atoms with Gasteiger partial charge in [-0.05, 0) is 42.5 Å². The molecule has 6 heteroatoms. The summed E-state index contributed by atoms with van der Waals surface area (Å²) in [6.45, 7) is 1.55. The van der Waals surface area contributed by atoms with Crippen LogP contribution in [0.5, 0.6) is 5.75 Å². The number of thiophene rings is 1. The minimum Gasteiger partial charge on any atom is -0.378 e. The van der Waals surface area contributed by atoms with Crippen molar-refractivity contribution in [3.8, 4) is 5.75 Å². The average Bonchev–Trinajstić information content (AvgIpc) is 2.92. The Hall–Kier alpha value is -1.66. The van der Waals surface area contributed by atoms with Crippen molar-refractivity contribution >= 4 is 27.2 Å². The van der Waals surface area contributed by atoms with E-state index in [9.17, 15) is 13.2 Å². The second kappa shape index (κ2) is 6.19. The van der Waals surface area contributed by atoms with Crippen LogP contribution in [-0.2, 0) is 21.3 Å². The van der Waals surface area contributed by atoms with Crippen LogP contribution in [0.3, 0.4) is 0 Å². The Labute approximate surface area is 122 Å². The second-order valence-electron chi connectivity index (χ2n) is 4.32. The van der Waals surface area contributed by atoms with Crippen molar-refractivity contribution in [2.75, 3.05) is 0 Å². The third-order valence-electron chi connectivity index (χ3n) is 2.64. The minimum absolute atomic E-state index is 0.130. The number of carbonyl (C=O) groups is 1. The van der Waals surface area contributed by atoms with Crippen LogP contribution in [0.15, 0.2) is 46.0 Å². The molecule has 0 aliphatic heterocycles. The summed E-state index contributed by atoms with van der Waals surface area (Å²) in [4.78, 5) is 10.9. The molecule has 4 nitrogen and oxygen atoms in total. The second-order valence-corrected chi connectivity index (χ2v) is 7.04. The summed E-state index contributed by atoms with van der Waals surface area (Å²) in [5.41, 5.74) is 0.973. The maximum Gasteiger partial charge on any atom is 0.348 e. The maximum absolute atomic E-state index is 11.9. The highest BCUT2D eigenvalue weighted by molar-refractivity contribution is 7.89. The zero-order valence-corrected chi connectivity index (χ0v) is 12.5. The van der Waals surface area contributed by atoms with Crippen molar-refractivity contribution in [3.63, 3.8) is 0 Å². The van der Waals surface area contributed by atoms with Gasteiger partial charge in [0.25, 0.3) is 0 Å². The van der Waals surface area contributed by atoms with Crippen molar-refractivity contribution < 1.29 is 17.4 Å². The van der Waals surface area contributed by atoms with Gasteiger partial charge in [-0.1, -0.05) is 18.2 Å².